The molecule has 0 saturated carbocycles. The Morgan fingerprint density at radius 3 is 2.54 bits per heavy atom. The van der Waals surface area contributed by atoms with Crippen molar-refractivity contribution in [2.24, 2.45) is 11.3 Å². The van der Waals surface area contributed by atoms with Gasteiger partial charge in [-0.25, -0.2) is 0 Å². The van der Waals surface area contributed by atoms with Crippen LogP contribution in [0.15, 0.2) is 17.1 Å². The highest BCUT2D eigenvalue weighted by Gasteiger charge is 2.33. The van der Waals surface area contributed by atoms with Crippen LogP contribution in [0.4, 0.5) is 0 Å². The molecule has 1 fully saturated rings. The molecule has 5 heteroatoms. The Bertz CT molecular complexity index is 704. The van der Waals surface area contributed by atoms with Crippen LogP contribution in [-0.2, 0) is 6.54 Å². The van der Waals surface area contributed by atoms with Crippen LogP contribution in [0.25, 0.3) is 0 Å². The summed E-state index contributed by atoms with van der Waals surface area (Å²) in [5, 5.41) is 9.21. The van der Waals surface area contributed by atoms with E-state index in [1.54, 1.807) is 15.7 Å². The average Bonchev–Trinajstić information content (AvgIpc) is 2.54. The van der Waals surface area contributed by atoms with Crippen molar-refractivity contribution >= 4 is 5.91 Å². The second-order valence-electron chi connectivity index (χ2n) is 7.52. The van der Waals surface area contributed by atoms with Gasteiger partial charge in [-0.2, -0.15) is 5.26 Å². The Morgan fingerprint density at radius 2 is 2.00 bits per heavy atom. The predicted octanol–water partition coefficient (Wildman–Crippen LogP) is 2.97. The standard InChI is InChI=1S/C19H27N3O2/c1-14(2)5-9-21-10-6-15(3)16(17(21)23)18(24)22-11-7-19(4,13-20)8-12-22/h6,10,14H,5,7-9,11-12H2,1-4H3. The number of rotatable bonds is 4. The van der Waals surface area contributed by atoms with E-state index in [4.69, 9.17) is 0 Å². The molecule has 2 heterocycles. The van der Waals surface area contributed by atoms with E-state index >= 15 is 0 Å². The van der Waals surface area contributed by atoms with Crippen LogP contribution in [0.3, 0.4) is 0 Å². The van der Waals surface area contributed by atoms with Gasteiger partial charge in [-0.3, -0.25) is 9.59 Å². The molecule has 0 aromatic carbocycles. The van der Waals surface area contributed by atoms with Gasteiger partial charge in [0.15, 0.2) is 0 Å². The quantitative estimate of drug-likeness (QED) is 0.853. The second-order valence-corrected chi connectivity index (χ2v) is 7.52. The van der Waals surface area contributed by atoms with E-state index in [1.807, 2.05) is 19.9 Å². The number of nitrogens with zero attached hydrogens (tertiary/aromatic N) is 3. The molecule has 1 aromatic rings. The fraction of sp³-hybridized carbons (Fsp3) is 0.632. The normalized spacial score (nSPS) is 16.9. The minimum Gasteiger partial charge on any atom is -0.338 e. The van der Waals surface area contributed by atoms with E-state index in [-0.39, 0.29) is 22.4 Å². The maximum atomic E-state index is 12.9. The Morgan fingerprint density at radius 1 is 1.38 bits per heavy atom. The number of carbonyl (C=O) groups excluding carboxylic acids is 1. The number of aryl methyl sites for hydroxylation is 2. The summed E-state index contributed by atoms with van der Waals surface area (Å²) in [4.78, 5) is 27.3. The largest absolute Gasteiger partial charge is 0.338 e. The molecule has 0 radical (unpaired) electrons. The van der Waals surface area contributed by atoms with Gasteiger partial charge < -0.3 is 9.47 Å². The van der Waals surface area contributed by atoms with Crippen LogP contribution in [0, 0.1) is 29.6 Å². The van der Waals surface area contributed by atoms with Crippen LogP contribution in [0.5, 0.6) is 0 Å². The maximum absolute atomic E-state index is 12.9. The van der Waals surface area contributed by atoms with E-state index in [0.29, 0.717) is 38.4 Å². The molecule has 5 nitrogen and oxygen atoms in total. The van der Waals surface area contributed by atoms with Crippen LogP contribution in [0.1, 0.15) is 56.0 Å². The van der Waals surface area contributed by atoms with Gasteiger partial charge in [0.25, 0.3) is 11.5 Å². The number of carbonyl (C=O) groups is 1. The molecule has 130 valence electrons. The summed E-state index contributed by atoms with van der Waals surface area (Å²) in [5.74, 6) is 0.305. The van der Waals surface area contributed by atoms with Crippen LogP contribution < -0.4 is 5.56 Å². The van der Waals surface area contributed by atoms with Gasteiger partial charge in [0.05, 0.1) is 11.5 Å². The first kappa shape index (κ1) is 18.3. The highest BCUT2D eigenvalue weighted by Crippen LogP contribution is 2.30. The second kappa shape index (κ2) is 7.21. The Kier molecular flexibility index (Phi) is 5.48. The summed E-state index contributed by atoms with van der Waals surface area (Å²) in [6.07, 6.45) is 3.99. The van der Waals surface area contributed by atoms with Gasteiger partial charge in [0.1, 0.15) is 5.56 Å². The third-order valence-electron chi connectivity index (χ3n) is 4.96. The number of piperidine rings is 1. The van der Waals surface area contributed by atoms with Gasteiger partial charge in [-0.15, -0.1) is 0 Å². The molecule has 1 aliphatic rings. The van der Waals surface area contributed by atoms with Crippen molar-refractivity contribution in [2.75, 3.05) is 13.1 Å². The Labute approximate surface area is 143 Å². The van der Waals surface area contributed by atoms with Crippen molar-refractivity contribution in [1.29, 1.82) is 5.26 Å². The van der Waals surface area contributed by atoms with E-state index < -0.39 is 0 Å². The molecule has 0 atom stereocenters. The molecule has 0 N–H and O–H groups in total. The first-order valence-electron chi connectivity index (χ1n) is 8.68. The van der Waals surface area contributed by atoms with E-state index in [1.165, 1.54) is 0 Å². The molecular formula is C19H27N3O2. The summed E-state index contributed by atoms with van der Waals surface area (Å²) in [6.45, 7) is 9.66. The van der Waals surface area contributed by atoms with Crippen molar-refractivity contribution in [1.82, 2.24) is 9.47 Å². The van der Waals surface area contributed by atoms with Crippen molar-refractivity contribution in [3.8, 4) is 6.07 Å². The molecule has 0 bridgehead atoms. The highest BCUT2D eigenvalue weighted by atomic mass is 16.2. The molecule has 1 saturated heterocycles. The zero-order valence-corrected chi connectivity index (χ0v) is 15.1. The summed E-state index contributed by atoms with van der Waals surface area (Å²) >= 11 is 0. The third-order valence-corrected chi connectivity index (χ3v) is 4.96. The molecule has 1 amide bonds. The molecular weight excluding hydrogens is 302 g/mol. The minimum atomic E-state index is -0.361. The number of aromatic nitrogens is 1. The molecule has 24 heavy (non-hydrogen) atoms. The summed E-state index contributed by atoms with van der Waals surface area (Å²) < 4.78 is 1.64. The Hall–Kier alpha value is -2.09. The number of pyridine rings is 1. The number of nitriles is 1. The fourth-order valence-electron chi connectivity index (χ4n) is 2.97. The first-order valence-corrected chi connectivity index (χ1v) is 8.68. The number of hydrogen-bond donors (Lipinski definition) is 0. The van der Waals surface area contributed by atoms with E-state index in [9.17, 15) is 14.9 Å². The molecule has 0 spiro atoms. The van der Waals surface area contributed by atoms with Crippen LogP contribution in [0.2, 0.25) is 0 Å². The summed E-state index contributed by atoms with van der Waals surface area (Å²) in [7, 11) is 0. The van der Waals surface area contributed by atoms with Gasteiger partial charge >= 0.3 is 0 Å². The zero-order chi connectivity index (χ0) is 17.9. The lowest BCUT2D eigenvalue weighted by molar-refractivity contribution is 0.0658. The Balaban J connectivity index is 2.22. The highest BCUT2D eigenvalue weighted by molar-refractivity contribution is 5.95. The van der Waals surface area contributed by atoms with Crippen LogP contribution in [-0.4, -0.2) is 28.5 Å². The molecule has 1 aliphatic heterocycles. The zero-order valence-electron chi connectivity index (χ0n) is 15.1. The smallest absolute Gasteiger partial charge is 0.263 e. The lowest BCUT2D eigenvalue weighted by Gasteiger charge is -2.35. The predicted molar refractivity (Wildman–Crippen MR) is 93.8 cm³/mol. The number of amides is 1. The van der Waals surface area contributed by atoms with E-state index in [2.05, 4.69) is 19.9 Å². The van der Waals surface area contributed by atoms with E-state index in [0.717, 1.165) is 12.0 Å². The average molecular weight is 329 g/mol. The summed E-state index contributed by atoms with van der Waals surface area (Å²) in [5.41, 5.74) is 0.440. The minimum absolute atomic E-state index is 0.198. The van der Waals surface area contributed by atoms with Crippen LogP contribution >= 0.6 is 0 Å². The monoisotopic (exact) mass is 329 g/mol. The van der Waals surface area contributed by atoms with Gasteiger partial charge in [0.2, 0.25) is 0 Å². The lowest BCUT2D eigenvalue weighted by atomic mass is 9.82. The van der Waals surface area contributed by atoms with Gasteiger partial charge in [-0.05, 0) is 50.7 Å². The van der Waals surface area contributed by atoms with Crippen molar-refractivity contribution in [3.63, 3.8) is 0 Å². The maximum Gasteiger partial charge on any atom is 0.263 e. The first-order chi connectivity index (χ1) is 11.3. The molecule has 0 unspecified atom stereocenters. The fourth-order valence-corrected chi connectivity index (χ4v) is 2.97. The van der Waals surface area contributed by atoms with Gasteiger partial charge in [-0.1, -0.05) is 13.8 Å². The topological polar surface area (TPSA) is 66.1 Å². The van der Waals surface area contributed by atoms with Crippen molar-refractivity contribution < 1.29 is 4.79 Å². The molecule has 1 aromatic heterocycles. The van der Waals surface area contributed by atoms with Gasteiger partial charge in [0, 0.05) is 25.8 Å². The number of hydrogen-bond acceptors (Lipinski definition) is 3. The third kappa shape index (κ3) is 3.87. The summed E-state index contributed by atoms with van der Waals surface area (Å²) in [6, 6.07) is 4.18. The number of likely N-dealkylation sites (tertiary alicyclic amines) is 1. The molecule has 2 rings (SSSR count). The van der Waals surface area contributed by atoms with Crippen molar-refractivity contribution in [2.45, 2.75) is 53.5 Å². The van der Waals surface area contributed by atoms with Crippen molar-refractivity contribution in [3.05, 3.63) is 33.7 Å². The molecule has 0 aliphatic carbocycles. The lowest BCUT2D eigenvalue weighted by Crippen LogP contribution is -2.44. The SMILES string of the molecule is Cc1ccn(CCC(C)C)c(=O)c1C(=O)N1CCC(C)(C#N)CC1.